The number of alkyl halides is 6. The zero-order valence-corrected chi connectivity index (χ0v) is 10.4. The molecule has 1 aromatic rings. The van der Waals surface area contributed by atoms with Crippen molar-refractivity contribution in [2.24, 2.45) is 0 Å². The highest BCUT2D eigenvalue weighted by molar-refractivity contribution is 14.1. The minimum atomic E-state index is -5.13. The second-order valence-electron chi connectivity index (χ2n) is 3.00. The molecule has 0 aromatic heterocycles. The van der Waals surface area contributed by atoms with E-state index in [2.05, 4.69) is 4.74 Å². The fourth-order valence-corrected chi connectivity index (χ4v) is 2.04. The Morgan fingerprint density at radius 3 is 1.76 bits per heavy atom. The van der Waals surface area contributed by atoms with E-state index < -0.39 is 32.8 Å². The number of benzene rings is 1. The first-order chi connectivity index (χ1) is 7.59. The van der Waals surface area contributed by atoms with Crippen LogP contribution in [0, 0.1) is 3.57 Å². The van der Waals surface area contributed by atoms with E-state index in [4.69, 9.17) is 0 Å². The molecule has 0 spiro atoms. The second-order valence-corrected chi connectivity index (χ2v) is 4.16. The molecule has 0 saturated carbocycles. The standard InChI is InChI=1S/C9H5F6IO/c1-17-5-3-2-4(16)6(8(10,11)12)7(5)9(13,14)15/h2-3H,1H3. The molecule has 0 bridgehead atoms. The van der Waals surface area contributed by atoms with Crippen LogP contribution in [0.5, 0.6) is 5.75 Å². The van der Waals surface area contributed by atoms with Crippen molar-refractivity contribution in [2.75, 3.05) is 7.11 Å². The summed E-state index contributed by atoms with van der Waals surface area (Å²) < 4.78 is 79.5. The summed E-state index contributed by atoms with van der Waals surface area (Å²) in [6, 6.07) is 1.79. The quantitative estimate of drug-likeness (QED) is 0.528. The molecule has 1 aromatic carbocycles. The number of rotatable bonds is 1. The largest absolute Gasteiger partial charge is 0.496 e. The third kappa shape index (κ3) is 2.96. The predicted molar refractivity (Wildman–Crippen MR) is 55.7 cm³/mol. The van der Waals surface area contributed by atoms with E-state index in [0.717, 1.165) is 19.2 Å². The van der Waals surface area contributed by atoms with Crippen LogP contribution in [0.25, 0.3) is 0 Å². The fraction of sp³-hybridized carbons (Fsp3) is 0.333. The maximum Gasteiger partial charge on any atom is 0.420 e. The van der Waals surface area contributed by atoms with Gasteiger partial charge in [-0.2, -0.15) is 26.3 Å². The lowest BCUT2D eigenvalue weighted by Gasteiger charge is -2.19. The molecule has 8 heteroatoms. The molecule has 1 nitrogen and oxygen atoms in total. The van der Waals surface area contributed by atoms with E-state index in [-0.39, 0.29) is 0 Å². The van der Waals surface area contributed by atoms with Crippen molar-refractivity contribution in [1.82, 2.24) is 0 Å². The molecular formula is C9H5F6IO. The molecule has 96 valence electrons. The van der Waals surface area contributed by atoms with Crippen molar-refractivity contribution < 1.29 is 31.1 Å². The lowest BCUT2D eigenvalue weighted by Crippen LogP contribution is -2.19. The molecule has 0 heterocycles. The van der Waals surface area contributed by atoms with Gasteiger partial charge in [-0.3, -0.25) is 0 Å². The van der Waals surface area contributed by atoms with Crippen molar-refractivity contribution in [2.45, 2.75) is 12.4 Å². The van der Waals surface area contributed by atoms with E-state index in [1.807, 2.05) is 0 Å². The minimum Gasteiger partial charge on any atom is -0.496 e. The number of hydrogen-bond acceptors (Lipinski definition) is 1. The third-order valence-corrected chi connectivity index (χ3v) is 2.80. The summed E-state index contributed by atoms with van der Waals surface area (Å²) in [4.78, 5) is 0. The Kier molecular flexibility index (Phi) is 3.84. The molecule has 0 unspecified atom stereocenters. The van der Waals surface area contributed by atoms with E-state index in [1.165, 1.54) is 22.6 Å². The van der Waals surface area contributed by atoms with Gasteiger partial charge in [-0.15, -0.1) is 0 Å². The minimum absolute atomic E-state index is 0.525. The number of halogens is 7. The van der Waals surface area contributed by atoms with Gasteiger partial charge in [0, 0.05) is 3.57 Å². The Balaban J connectivity index is 3.67. The van der Waals surface area contributed by atoms with Gasteiger partial charge in [-0.1, -0.05) is 0 Å². The fourth-order valence-electron chi connectivity index (χ4n) is 1.29. The second kappa shape index (κ2) is 4.54. The van der Waals surface area contributed by atoms with Gasteiger partial charge in [-0.05, 0) is 34.7 Å². The Hall–Kier alpha value is -0.670. The zero-order chi connectivity index (χ0) is 13.4. The van der Waals surface area contributed by atoms with Gasteiger partial charge in [0.25, 0.3) is 0 Å². The monoisotopic (exact) mass is 370 g/mol. The molecule has 0 aliphatic heterocycles. The smallest absolute Gasteiger partial charge is 0.420 e. The van der Waals surface area contributed by atoms with E-state index in [9.17, 15) is 26.3 Å². The van der Waals surface area contributed by atoms with Crippen LogP contribution in [0.2, 0.25) is 0 Å². The lowest BCUT2D eigenvalue weighted by atomic mass is 10.1. The van der Waals surface area contributed by atoms with Crippen LogP contribution in [-0.4, -0.2) is 7.11 Å². The summed E-state index contributed by atoms with van der Waals surface area (Å²) in [6.07, 6.45) is -10.2. The summed E-state index contributed by atoms with van der Waals surface area (Å²) in [5, 5.41) is 0. The summed E-state index contributed by atoms with van der Waals surface area (Å²) in [7, 11) is 0.887. The summed E-state index contributed by atoms with van der Waals surface area (Å²) >= 11 is 1.21. The molecule has 0 amide bonds. The van der Waals surface area contributed by atoms with Gasteiger partial charge in [0.1, 0.15) is 11.3 Å². The first kappa shape index (κ1) is 14.4. The lowest BCUT2D eigenvalue weighted by molar-refractivity contribution is -0.163. The van der Waals surface area contributed by atoms with Crippen LogP contribution in [-0.2, 0) is 12.4 Å². The molecule has 1 rings (SSSR count). The summed E-state index contributed by atoms with van der Waals surface area (Å²) in [5.41, 5.74) is -3.51. The molecule has 17 heavy (non-hydrogen) atoms. The van der Waals surface area contributed by atoms with Crippen LogP contribution in [0.15, 0.2) is 12.1 Å². The molecule has 0 fully saturated rings. The van der Waals surface area contributed by atoms with Gasteiger partial charge >= 0.3 is 12.4 Å². The van der Waals surface area contributed by atoms with Crippen LogP contribution >= 0.6 is 22.6 Å². The Labute approximate surface area is 106 Å². The maximum absolute atomic E-state index is 12.6. The van der Waals surface area contributed by atoms with Crippen LogP contribution in [0.3, 0.4) is 0 Å². The van der Waals surface area contributed by atoms with Crippen molar-refractivity contribution in [3.05, 3.63) is 26.8 Å². The zero-order valence-electron chi connectivity index (χ0n) is 8.21. The van der Waals surface area contributed by atoms with Crippen LogP contribution in [0.4, 0.5) is 26.3 Å². The summed E-state index contributed by atoms with van der Waals surface area (Å²) in [6.45, 7) is 0. The predicted octanol–water partition coefficient (Wildman–Crippen LogP) is 4.34. The number of methoxy groups -OCH3 is 1. The molecular weight excluding hydrogens is 365 g/mol. The van der Waals surface area contributed by atoms with Crippen LogP contribution < -0.4 is 4.74 Å². The van der Waals surface area contributed by atoms with Gasteiger partial charge in [0.05, 0.1) is 12.7 Å². The molecule has 0 aliphatic carbocycles. The molecule has 0 saturated heterocycles. The Bertz CT molecular complexity index is 423. The van der Waals surface area contributed by atoms with E-state index in [1.54, 1.807) is 0 Å². The van der Waals surface area contributed by atoms with Crippen molar-refractivity contribution in [3.8, 4) is 5.75 Å². The van der Waals surface area contributed by atoms with E-state index in [0.29, 0.717) is 0 Å². The topological polar surface area (TPSA) is 9.23 Å². The van der Waals surface area contributed by atoms with E-state index >= 15 is 0 Å². The number of hydrogen-bond donors (Lipinski definition) is 0. The first-order valence-electron chi connectivity index (χ1n) is 4.10. The molecule has 0 N–H and O–H groups in total. The van der Waals surface area contributed by atoms with Crippen molar-refractivity contribution >= 4 is 22.6 Å². The van der Waals surface area contributed by atoms with Gasteiger partial charge < -0.3 is 4.74 Å². The maximum atomic E-state index is 12.6. The highest BCUT2D eigenvalue weighted by atomic mass is 127. The Morgan fingerprint density at radius 2 is 1.41 bits per heavy atom. The third-order valence-electron chi connectivity index (χ3n) is 1.90. The molecule has 0 atom stereocenters. The first-order valence-corrected chi connectivity index (χ1v) is 5.17. The summed E-state index contributed by atoms with van der Waals surface area (Å²) in [5.74, 6) is -0.842. The molecule has 0 radical (unpaired) electrons. The average Bonchev–Trinajstić information content (AvgIpc) is 2.13. The van der Waals surface area contributed by atoms with Crippen molar-refractivity contribution in [1.29, 1.82) is 0 Å². The normalized spacial score (nSPS) is 12.7. The van der Waals surface area contributed by atoms with Crippen LogP contribution in [0.1, 0.15) is 11.1 Å². The van der Waals surface area contributed by atoms with Gasteiger partial charge in [0.2, 0.25) is 0 Å². The average molecular weight is 370 g/mol. The van der Waals surface area contributed by atoms with Gasteiger partial charge in [-0.25, -0.2) is 0 Å². The highest BCUT2D eigenvalue weighted by Gasteiger charge is 2.47. The molecule has 0 aliphatic rings. The number of ether oxygens (including phenoxy) is 1. The SMILES string of the molecule is COc1ccc(I)c(C(F)(F)F)c1C(F)(F)F. The Morgan fingerprint density at radius 1 is 0.941 bits per heavy atom. The van der Waals surface area contributed by atoms with Crippen molar-refractivity contribution in [3.63, 3.8) is 0 Å². The highest BCUT2D eigenvalue weighted by Crippen LogP contribution is 2.46. The van der Waals surface area contributed by atoms with Gasteiger partial charge in [0.15, 0.2) is 0 Å².